The molecule has 1 aromatic heterocycles. The Balaban J connectivity index is 2.76. The van der Waals surface area contributed by atoms with Gasteiger partial charge in [0.25, 0.3) is 0 Å². The lowest BCUT2D eigenvalue weighted by Gasteiger charge is -2.07. The van der Waals surface area contributed by atoms with Crippen molar-refractivity contribution in [1.29, 1.82) is 0 Å². The van der Waals surface area contributed by atoms with Crippen LogP contribution in [0, 0.1) is 6.92 Å². The Labute approximate surface area is 78.7 Å². The third-order valence-electron chi connectivity index (χ3n) is 1.96. The summed E-state index contributed by atoms with van der Waals surface area (Å²) in [4.78, 5) is 0. The molecule has 0 unspecified atom stereocenters. The van der Waals surface area contributed by atoms with Crippen LogP contribution in [0.4, 0.5) is 5.82 Å². The Morgan fingerprint density at radius 1 is 1.54 bits per heavy atom. The Morgan fingerprint density at radius 3 is 2.54 bits per heavy atom. The summed E-state index contributed by atoms with van der Waals surface area (Å²) in [6.45, 7) is 6.49. The van der Waals surface area contributed by atoms with Gasteiger partial charge in [-0.15, -0.1) is 0 Å². The third kappa shape index (κ3) is 2.21. The fourth-order valence-corrected chi connectivity index (χ4v) is 1.15. The molecule has 0 spiro atoms. The van der Waals surface area contributed by atoms with Crippen LogP contribution in [0.1, 0.15) is 25.1 Å². The van der Waals surface area contributed by atoms with Crippen molar-refractivity contribution in [2.75, 3.05) is 5.73 Å². The van der Waals surface area contributed by atoms with E-state index in [1.165, 1.54) is 0 Å². The van der Waals surface area contributed by atoms with E-state index in [-0.39, 0.29) is 6.10 Å². The van der Waals surface area contributed by atoms with Crippen LogP contribution in [0.2, 0.25) is 0 Å². The van der Waals surface area contributed by atoms with Gasteiger partial charge in [0.1, 0.15) is 5.82 Å². The molecule has 1 heterocycles. The molecular formula is C9H17N3O. The van der Waals surface area contributed by atoms with Gasteiger partial charge in [-0.1, -0.05) is 0 Å². The third-order valence-corrected chi connectivity index (χ3v) is 1.96. The molecule has 1 rings (SSSR count). The van der Waals surface area contributed by atoms with Crippen molar-refractivity contribution >= 4 is 5.82 Å². The summed E-state index contributed by atoms with van der Waals surface area (Å²) in [6.07, 6.45) is 0.221. The van der Waals surface area contributed by atoms with Gasteiger partial charge in [0, 0.05) is 12.6 Å². The van der Waals surface area contributed by atoms with Crippen LogP contribution in [-0.2, 0) is 18.4 Å². The lowest BCUT2D eigenvalue weighted by atomic mass is 10.2. The lowest BCUT2D eigenvalue weighted by molar-refractivity contribution is 0.0657. The highest BCUT2D eigenvalue weighted by Crippen LogP contribution is 2.16. The molecule has 13 heavy (non-hydrogen) atoms. The summed E-state index contributed by atoms with van der Waals surface area (Å²) >= 11 is 0. The van der Waals surface area contributed by atoms with Crippen LogP contribution in [0.25, 0.3) is 0 Å². The zero-order valence-electron chi connectivity index (χ0n) is 8.66. The Morgan fingerprint density at radius 2 is 2.15 bits per heavy atom. The lowest BCUT2D eigenvalue weighted by Crippen LogP contribution is -2.05. The molecule has 0 aliphatic heterocycles. The highest BCUT2D eigenvalue weighted by Gasteiger charge is 2.10. The van der Waals surface area contributed by atoms with Gasteiger partial charge in [-0.25, -0.2) is 0 Å². The Bertz CT molecular complexity index is 291. The van der Waals surface area contributed by atoms with Gasteiger partial charge in [0.2, 0.25) is 0 Å². The first kappa shape index (κ1) is 10.1. The van der Waals surface area contributed by atoms with Crippen LogP contribution < -0.4 is 5.73 Å². The van der Waals surface area contributed by atoms with Crippen LogP contribution >= 0.6 is 0 Å². The van der Waals surface area contributed by atoms with Gasteiger partial charge >= 0.3 is 0 Å². The topological polar surface area (TPSA) is 53.1 Å². The molecule has 0 aromatic carbocycles. The molecule has 2 N–H and O–H groups in total. The number of ether oxygens (including phenoxy) is 1. The summed E-state index contributed by atoms with van der Waals surface area (Å²) in [6, 6.07) is 0. The predicted octanol–water partition coefficient (Wildman–Crippen LogP) is 1.24. The smallest absolute Gasteiger partial charge is 0.127 e. The van der Waals surface area contributed by atoms with E-state index in [1.54, 1.807) is 4.68 Å². The predicted molar refractivity (Wildman–Crippen MR) is 52.3 cm³/mol. The van der Waals surface area contributed by atoms with Crippen molar-refractivity contribution in [2.24, 2.45) is 7.05 Å². The fraction of sp³-hybridized carbons (Fsp3) is 0.667. The minimum Gasteiger partial charge on any atom is -0.384 e. The second-order valence-corrected chi connectivity index (χ2v) is 3.43. The molecule has 74 valence electrons. The van der Waals surface area contributed by atoms with Crippen LogP contribution in [0.5, 0.6) is 0 Å². The first-order chi connectivity index (χ1) is 6.02. The standard InChI is InChI=1S/C9H17N3O/c1-6(2)13-5-8-7(3)11-12(4)9(8)10/h6H,5,10H2,1-4H3. The molecule has 0 aliphatic rings. The molecular weight excluding hydrogens is 166 g/mol. The molecule has 0 radical (unpaired) electrons. The number of hydrogen-bond acceptors (Lipinski definition) is 3. The van der Waals surface area contributed by atoms with E-state index < -0.39 is 0 Å². The number of nitrogens with zero attached hydrogens (tertiary/aromatic N) is 2. The molecule has 0 amide bonds. The van der Waals surface area contributed by atoms with Crippen LogP contribution in [0.15, 0.2) is 0 Å². The second kappa shape index (κ2) is 3.79. The summed E-state index contributed by atoms with van der Waals surface area (Å²) in [5.41, 5.74) is 7.75. The molecule has 4 heteroatoms. The highest BCUT2D eigenvalue weighted by atomic mass is 16.5. The van der Waals surface area contributed by atoms with Gasteiger partial charge in [-0.3, -0.25) is 4.68 Å². The summed E-state index contributed by atoms with van der Waals surface area (Å²) < 4.78 is 7.14. The van der Waals surface area contributed by atoms with Crippen LogP contribution in [0.3, 0.4) is 0 Å². The number of rotatable bonds is 3. The molecule has 0 aliphatic carbocycles. The number of hydrogen-bond donors (Lipinski definition) is 1. The van der Waals surface area contributed by atoms with Gasteiger partial charge in [0.15, 0.2) is 0 Å². The number of aromatic nitrogens is 2. The SMILES string of the molecule is Cc1nn(C)c(N)c1COC(C)C. The summed E-state index contributed by atoms with van der Waals surface area (Å²) in [5, 5.41) is 4.20. The van der Waals surface area contributed by atoms with Gasteiger partial charge < -0.3 is 10.5 Å². The molecule has 0 fully saturated rings. The minimum atomic E-state index is 0.221. The average molecular weight is 183 g/mol. The monoisotopic (exact) mass is 183 g/mol. The Kier molecular flexibility index (Phi) is 2.93. The maximum Gasteiger partial charge on any atom is 0.127 e. The molecule has 0 bridgehead atoms. The molecule has 1 aromatic rings. The highest BCUT2D eigenvalue weighted by molar-refractivity contribution is 5.42. The number of aryl methyl sites for hydroxylation is 2. The van der Waals surface area contributed by atoms with E-state index in [9.17, 15) is 0 Å². The van der Waals surface area contributed by atoms with E-state index >= 15 is 0 Å². The molecule has 0 atom stereocenters. The summed E-state index contributed by atoms with van der Waals surface area (Å²) in [7, 11) is 1.83. The zero-order chi connectivity index (χ0) is 10.0. The van der Waals surface area contributed by atoms with Gasteiger partial charge in [-0.05, 0) is 20.8 Å². The van der Waals surface area contributed by atoms with Crippen molar-refractivity contribution in [3.8, 4) is 0 Å². The van der Waals surface area contributed by atoms with E-state index in [0.717, 1.165) is 11.3 Å². The maximum atomic E-state index is 5.81. The fourth-order valence-electron chi connectivity index (χ4n) is 1.15. The Hall–Kier alpha value is -1.03. The number of nitrogen functional groups attached to an aromatic ring is 1. The second-order valence-electron chi connectivity index (χ2n) is 3.43. The van der Waals surface area contributed by atoms with Gasteiger partial charge in [-0.2, -0.15) is 5.10 Å². The maximum absolute atomic E-state index is 5.81. The molecule has 0 saturated heterocycles. The van der Waals surface area contributed by atoms with Crippen molar-refractivity contribution in [3.05, 3.63) is 11.3 Å². The van der Waals surface area contributed by atoms with Crippen LogP contribution in [-0.4, -0.2) is 15.9 Å². The number of nitrogens with two attached hydrogens (primary N) is 1. The average Bonchev–Trinajstić information content (AvgIpc) is 2.24. The number of anilines is 1. The largest absolute Gasteiger partial charge is 0.384 e. The first-order valence-corrected chi connectivity index (χ1v) is 4.42. The van der Waals surface area contributed by atoms with E-state index in [2.05, 4.69) is 5.10 Å². The molecule has 4 nitrogen and oxygen atoms in total. The van der Waals surface area contributed by atoms with Crippen molar-refractivity contribution in [2.45, 2.75) is 33.5 Å². The summed E-state index contributed by atoms with van der Waals surface area (Å²) in [5.74, 6) is 0.693. The molecule has 0 saturated carbocycles. The normalized spacial score (nSPS) is 11.2. The van der Waals surface area contributed by atoms with E-state index in [4.69, 9.17) is 10.5 Å². The van der Waals surface area contributed by atoms with Gasteiger partial charge in [0.05, 0.1) is 18.4 Å². The first-order valence-electron chi connectivity index (χ1n) is 4.42. The quantitative estimate of drug-likeness (QED) is 0.767. The minimum absolute atomic E-state index is 0.221. The van der Waals surface area contributed by atoms with E-state index in [1.807, 2.05) is 27.8 Å². The van der Waals surface area contributed by atoms with Crippen molar-refractivity contribution in [1.82, 2.24) is 9.78 Å². The van der Waals surface area contributed by atoms with E-state index in [0.29, 0.717) is 12.4 Å². The van der Waals surface area contributed by atoms with Crippen molar-refractivity contribution < 1.29 is 4.74 Å². The zero-order valence-corrected chi connectivity index (χ0v) is 8.66. The van der Waals surface area contributed by atoms with Crippen molar-refractivity contribution in [3.63, 3.8) is 0 Å².